The highest BCUT2D eigenvalue weighted by molar-refractivity contribution is 6.67. The van der Waals surface area contributed by atoms with Gasteiger partial charge in [0.25, 0.3) is 17.6 Å². The second kappa shape index (κ2) is 4.48. The van der Waals surface area contributed by atoms with E-state index in [4.69, 9.17) is 11.6 Å². The van der Waals surface area contributed by atoms with E-state index in [0.29, 0.717) is 6.07 Å². The molecule has 0 saturated heterocycles. The fourth-order valence-corrected chi connectivity index (χ4v) is 1.11. The lowest BCUT2D eigenvalue weighted by molar-refractivity contribution is 0.105. The van der Waals surface area contributed by atoms with E-state index in [9.17, 15) is 18.0 Å². The Kier molecular flexibility index (Phi) is 3.52. The molecule has 0 unspecified atom stereocenters. The van der Waals surface area contributed by atoms with Gasteiger partial charge in [0.05, 0.1) is 12.7 Å². The summed E-state index contributed by atoms with van der Waals surface area (Å²) in [6.07, 6.45) is -2.98. The van der Waals surface area contributed by atoms with E-state index in [2.05, 4.69) is 9.72 Å². The van der Waals surface area contributed by atoms with Crippen molar-refractivity contribution >= 4 is 16.8 Å². The maximum Gasteiger partial charge on any atom is 0.271 e. The second-order valence-corrected chi connectivity index (χ2v) is 2.84. The molecule has 7 heteroatoms. The molecule has 0 radical (unpaired) electrons. The van der Waals surface area contributed by atoms with Crippen molar-refractivity contribution in [3.63, 3.8) is 0 Å². The first-order valence-electron chi connectivity index (χ1n) is 3.69. The van der Waals surface area contributed by atoms with E-state index in [1.807, 2.05) is 0 Å². The Morgan fingerprint density at radius 3 is 2.60 bits per heavy atom. The van der Waals surface area contributed by atoms with Crippen molar-refractivity contribution in [1.29, 1.82) is 0 Å². The van der Waals surface area contributed by atoms with Crippen LogP contribution in [0.15, 0.2) is 6.07 Å². The first kappa shape index (κ1) is 11.8. The minimum absolute atomic E-state index is 0.466. The van der Waals surface area contributed by atoms with E-state index in [1.165, 1.54) is 0 Å². The number of carbonyl (C=O) groups excluding carboxylic acids is 1. The first-order valence-corrected chi connectivity index (χ1v) is 4.07. The van der Waals surface area contributed by atoms with Crippen molar-refractivity contribution in [1.82, 2.24) is 4.98 Å². The number of methoxy groups -OCH3 is 1. The zero-order chi connectivity index (χ0) is 11.6. The van der Waals surface area contributed by atoms with Gasteiger partial charge in [0.15, 0.2) is 5.75 Å². The van der Waals surface area contributed by atoms with Crippen LogP contribution in [0.25, 0.3) is 0 Å². The van der Waals surface area contributed by atoms with E-state index >= 15 is 0 Å². The fourth-order valence-electron chi connectivity index (χ4n) is 0.954. The largest absolute Gasteiger partial charge is 0.492 e. The van der Waals surface area contributed by atoms with Crippen LogP contribution >= 0.6 is 11.6 Å². The lowest BCUT2D eigenvalue weighted by Gasteiger charge is -2.07. The summed E-state index contributed by atoms with van der Waals surface area (Å²) < 4.78 is 42.2. The Labute approximate surface area is 87.8 Å². The van der Waals surface area contributed by atoms with Crippen LogP contribution in [-0.2, 0) is 0 Å². The van der Waals surface area contributed by atoms with Crippen LogP contribution in [0.4, 0.5) is 13.2 Å². The average Bonchev–Trinajstić information content (AvgIpc) is 2.16. The second-order valence-electron chi connectivity index (χ2n) is 2.49. The van der Waals surface area contributed by atoms with Crippen molar-refractivity contribution < 1.29 is 22.7 Å². The zero-order valence-electron chi connectivity index (χ0n) is 7.43. The molecule has 3 nitrogen and oxygen atoms in total. The van der Waals surface area contributed by atoms with E-state index in [-0.39, 0.29) is 0 Å². The minimum Gasteiger partial charge on any atom is -0.492 e. The van der Waals surface area contributed by atoms with Crippen LogP contribution in [0.1, 0.15) is 22.5 Å². The molecule has 0 aromatic carbocycles. The quantitative estimate of drug-likeness (QED) is 0.601. The number of hydrogen-bond donors (Lipinski definition) is 0. The summed E-state index contributed by atoms with van der Waals surface area (Å²) >= 11 is 4.98. The van der Waals surface area contributed by atoms with Gasteiger partial charge in [-0.1, -0.05) is 0 Å². The third-order valence-corrected chi connectivity index (χ3v) is 1.79. The Hall–Kier alpha value is -1.30. The Morgan fingerprint density at radius 2 is 2.20 bits per heavy atom. The monoisotopic (exact) mass is 239 g/mol. The molecule has 0 fully saturated rings. The lowest BCUT2D eigenvalue weighted by atomic mass is 10.2. The predicted molar refractivity (Wildman–Crippen MR) is 45.9 cm³/mol. The van der Waals surface area contributed by atoms with Gasteiger partial charge in [-0.05, 0) is 17.7 Å². The number of pyridine rings is 1. The van der Waals surface area contributed by atoms with Crippen LogP contribution in [-0.4, -0.2) is 17.3 Å². The molecular formula is C8H5ClF3NO2. The smallest absolute Gasteiger partial charge is 0.271 e. The SMILES string of the molecule is COc1cc(C(F)F)c(C(=O)Cl)nc1F. The fraction of sp³-hybridized carbons (Fsp3) is 0.250. The minimum atomic E-state index is -2.98. The van der Waals surface area contributed by atoms with Crippen LogP contribution in [0.3, 0.4) is 0 Å². The average molecular weight is 240 g/mol. The van der Waals surface area contributed by atoms with Crippen LogP contribution in [0.2, 0.25) is 0 Å². The van der Waals surface area contributed by atoms with Gasteiger partial charge in [0.2, 0.25) is 0 Å². The number of hydrogen-bond acceptors (Lipinski definition) is 3. The normalized spacial score (nSPS) is 10.5. The van der Waals surface area contributed by atoms with Crippen LogP contribution in [0.5, 0.6) is 5.75 Å². The van der Waals surface area contributed by atoms with E-state index < -0.39 is 34.6 Å². The van der Waals surface area contributed by atoms with Gasteiger partial charge in [-0.2, -0.15) is 4.39 Å². The summed E-state index contributed by atoms with van der Waals surface area (Å²) in [7, 11) is 1.09. The highest BCUT2D eigenvalue weighted by Gasteiger charge is 2.22. The van der Waals surface area contributed by atoms with Gasteiger partial charge >= 0.3 is 0 Å². The third-order valence-electron chi connectivity index (χ3n) is 1.61. The number of carbonyl (C=O) groups is 1. The maximum atomic E-state index is 13.0. The molecule has 0 amide bonds. The van der Waals surface area contributed by atoms with Gasteiger partial charge in [0, 0.05) is 0 Å². The van der Waals surface area contributed by atoms with Crippen LogP contribution in [0, 0.1) is 5.95 Å². The number of aromatic nitrogens is 1. The molecular weight excluding hydrogens is 235 g/mol. The number of nitrogens with zero attached hydrogens (tertiary/aromatic N) is 1. The first-order chi connectivity index (χ1) is 6.97. The highest BCUT2D eigenvalue weighted by atomic mass is 35.5. The topological polar surface area (TPSA) is 39.2 Å². The number of alkyl halides is 2. The van der Waals surface area contributed by atoms with Gasteiger partial charge in [-0.15, -0.1) is 0 Å². The predicted octanol–water partition coefficient (Wildman–Crippen LogP) is 2.55. The standard InChI is InChI=1S/C8H5ClF3NO2/c1-15-4-2-3(7(10)11)5(6(9)14)13-8(4)12/h2,7H,1H3. The summed E-state index contributed by atoms with van der Waals surface area (Å²) in [6.45, 7) is 0. The molecule has 0 aliphatic heterocycles. The van der Waals surface area contributed by atoms with Crippen molar-refractivity contribution in [2.24, 2.45) is 0 Å². The van der Waals surface area contributed by atoms with E-state index in [1.54, 1.807) is 0 Å². The van der Waals surface area contributed by atoms with E-state index in [0.717, 1.165) is 7.11 Å². The molecule has 1 heterocycles. The van der Waals surface area contributed by atoms with Crippen molar-refractivity contribution in [2.45, 2.75) is 6.43 Å². The summed E-state index contributed by atoms with van der Waals surface area (Å²) in [5.74, 6) is -1.63. The third kappa shape index (κ3) is 2.38. The molecule has 0 bridgehead atoms. The molecule has 0 spiro atoms. The summed E-state index contributed by atoms with van der Waals surface area (Å²) in [4.78, 5) is 13.7. The van der Waals surface area contributed by atoms with Gasteiger partial charge < -0.3 is 4.74 Å². The molecule has 0 saturated carbocycles. The summed E-state index contributed by atoms with van der Waals surface area (Å²) in [5.41, 5.74) is -1.56. The molecule has 0 aliphatic carbocycles. The van der Waals surface area contributed by atoms with Crippen molar-refractivity contribution in [3.8, 4) is 5.75 Å². The molecule has 1 aromatic heterocycles. The van der Waals surface area contributed by atoms with Crippen molar-refractivity contribution in [2.75, 3.05) is 7.11 Å². The van der Waals surface area contributed by atoms with Crippen molar-refractivity contribution in [3.05, 3.63) is 23.3 Å². The maximum absolute atomic E-state index is 13.0. The Morgan fingerprint density at radius 1 is 1.60 bits per heavy atom. The van der Waals surface area contributed by atoms with Gasteiger partial charge in [0.1, 0.15) is 5.69 Å². The van der Waals surface area contributed by atoms with Gasteiger partial charge in [-0.25, -0.2) is 13.8 Å². The van der Waals surface area contributed by atoms with Crippen LogP contribution < -0.4 is 4.74 Å². The Balaban J connectivity index is 3.38. The molecule has 15 heavy (non-hydrogen) atoms. The highest BCUT2D eigenvalue weighted by Crippen LogP contribution is 2.28. The number of ether oxygens (including phenoxy) is 1. The lowest BCUT2D eigenvalue weighted by Crippen LogP contribution is -2.05. The number of rotatable bonds is 3. The molecule has 1 rings (SSSR count). The molecule has 0 N–H and O–H groups in total. The zero-order valence-corrected chi connectivity index (χ0v) is 8.19. The molecule has 0 aliphatic rings. The molecule has 1 aromatic rings. The number of halogens is 4. The Bertz CT molecular complexity index is 398. The summed E-state index contributed by atoms with van der Waals surface area (Å²) in [6, 6.07) is 0.697. The molecule has 0 atom stereocenters. The molecule has 82 valence electrons. The van der Waals surface area contributed by atoms with Gasteiger partial charge in [-0.3, -0.25) is 4.79 Å². The summed E-state index contributed by atoms with van der Waals surface area (Å²) in [5, 5.41) is -1.24.